The van der Waals surface area contributed by atoms with Crippen LogP contribution in [-0.2, 0) is 4.79 Å². The third-order valence-electron chi connectivity index (χ3n) is 2.86. The SMILES string of the molecule is CC1C(=O)CCC1Sc1ccccc1F. The Bertz CT molecular complexity index is 378. The van der Waals surface area contributed by atoms with Crippen LogP contribution < -0.4 is 0 Å². The Balaban J connectivity index is 2.10. The van der Waals surface area contributed by atoms with Crippen LogP contribution >= 0.6 is 11.8 Å². The number of benzene rings is 1. The molecule has 0 heterocycles. The molecule has 80 valence electrons. The van der Waals surface area contributed by atoms with E-state index in [-0.39, 0.29) is 17.0 Å². The van der Waals surface area contributed by atoms with Crippen LogP contribution in [0, 0.1) is 11.7 Å². The number of Topliss-reactive ketones (excluding diaryl/α,β-unsaturated/α-hetero) is 1. The quantitative estimate of drug-likeness (QED) is 0.766. The number of halogens is 1. The maximum atomic E-state index is 13.4. The predicted molar refractivity (Wildman–Crippen MR) is 59.5 cm³/mol. The Labute approximate surface area is 93.1 Å². The van der Waals surface area contributed by atoms with E-state index in [1.165, 1.54) is 17.8 Å². The lowest BCUT2D eigenvalue weighted by atomic mass is 10.1. The normalized spacial score (nSPS) is 25.9. The fraction of sp³-hybridized carbons (Fsp3) is 0.417. The van der Waals surface area contributed by atoms with Gasteiger partial charge in [0.1, 0.15) is 11.6 Å². The lowest BCUT2D eigenvalue weighted by molar-refractivity contribution is -0.120. The Hall–Kier alpha value is -0.830. The van der Waals surface area contributed by atoms with E-state index in [1.54, 1.807) is 12.1 Å². The second kappa shape index (κ2) is 4.35. The standard InChI is InChI=1S/C12H13FOS/c1-8-10(14)6-7-11(8)15-12-5-3-2-4-9(12)13/h2-5,8,11H,6-7H2,1H3. The van der Waals surface area contributed by atoms with E-state index in [0.29, 0.717) is 17.1 Å². The first kappa shape index (κ1) is 10.7. The molecular formula is C12H13FOS. The molecule has 2 unspecified atom stereocenters. The zero-order chi connectivity index (χ0) is 10.8. The summed E-state index contributed by atoms with van der Waals surface area (Å²) in [5.41, 5.74) is 0. The van der Waals surface area contributed by atoms with Crippen molar-refractivity contribution in [3.8, 4) is 0 Å². The van der Waals surface area contributed by atoms with Gasteiger partial charge in [-0.15, -0.1) is 11.8 Å². The van der Waals surface area contributed by atoms with E-state index in [0.717, 1.165) is 6.42 Å². The third-order valence-corrected chi connectivity index (χ3v) is 4.39. The van der Waals surface area contributed by atoms with Crippen LogP contribution in [0.1, 0.15) is 19.8 Å². The number of ketones is 1. The fourth-order valence-corrected chi connectivity index (χ4v) is 3.09. The van der Waals surface area contributed by atoms with Crippen LogP contribution in [0.3, 0.4) is 0 Å². The van der Waals surface area contributed by atoms with Crippen molar-refractivity contribution in [2.24, 2.45) is 5.92 Å². The van der Waals surface area contributed by atoms with Gasteiger partial charge in [-0.2, -0.15) is 0 Å². The lowest BCUT2D eigenvalue weighted by Gasteiger charge is -2.13. The zero-order valence-electron chi connectivity index (χ0n) is 8.57. The van der Waals surface area contributed by atoms with Crippen molar-refractivity contribution < 1.29 is 9.18 Å². The highest BCUT2D eigenvalue weighted by molar-refractivity contribution is 8.00. The van der Waals surface area contributed by atoms with Gasteiger partial charge in [0, 0.05) is 22.5 Å². The first-order valence-electron chi connectivity index (χ1n) is 5.12. The molecule has 1 aliphatic rings. The van der Waals surface area contributed by atoms with Gasteiger partial charge in [0.05, 0.1) is 0 Å². The van der Waals surface area contributed by atoms with Gasteiger partial charge in [0.15, 0.2) is 0 Å². The molecule has 1 nitrogen and oxygen atoms in total. The number of hydrogen-bond acceptors (Lipinski definition) is 2. The Morgan fingerprint density at radius 2 is 2.13 bits per heavy atom. The molecule has 0 bridgehead atoms. The molecule has 1 fully saturated rings. The molecule has 0 saturated heterocycles. The van der Waals surface area contributed by atoms with E-state index < -0.39 is 0 Å². The van der Waals surface area contributed by atoms with E-state index in [4.69, 9.17) is 0 Å². The van der Waals surface area contributed by atoms with Crippen molar-refractivity contribution in [2.45, 2.75) is 29.9 Å². The van der Waals surface area contributed by atoms with Gasteiger partial charge in [-0.05, 0) is 18.6 Å². The molecule has 3 heteroatoms. The van der Waals surface area contributed by atoms with E-state index in [1.807, 2.05) is 13.0 Å². The van der Waals surface area contributed by atoms with Crippen molar-refractivity contribution in [3.05, 3.63) is 30.1 Å². The van der Waals surface area contributed by atoms with Crippen molar-refractivity contribution in [1.82, 2.24) is 0 Å². The molecule has 0 N–H and O–H groups in total. The van der Waals surface area contributed by atoms with E-state index in [2.05, 4.69) is 0 Å². The molecule has 15 heavy (non-hydrogen) atoms. The molecule has 2 atom stereocenters. The van der Waals surface area contributed by atoms with Crippen molar-refractivity contribution >= 4 is 17.5 Å². The predicted octanol–water partition coefficient (Wildman–Crippen LogP) is 3.29. The van der Waals surface area contributed by atoms with Crippen LogP contribution in [0.15, 0.2) is 29.2 Å². The topological polar surface area (TPSA) is 17.1 Å². The number of carbonyl (C=O) groups excluding carboxylic acids is 1. The highest BCUT2D eigenvalue weighted by atomic mass is 32.2. The molecule has 0 spiro atoms. The summed E-state index contributed by atoms with van der Waals surface area (Å²) in [4.78, 5) is 12.0. The fourth-order valence-electron chi connectivity index (χ4n) is 1.83. The number of rotatable bonds is 2. The summed E-state index contributed by atoms with van der Waals surface area (Å²) in [6, 6.07) is 6.74. The number of hydrogen-bond donors (Lipinski definition) is 0. The summed E-state index contributed by atoms with van der Waals surface area (Å²) in [6.07, 6.45) is 1.52. The van der Waals surface area contributed by atoms with Gasteiger partial charge in [-0.25, -0.2) is 4.39 Å². The average Bonchev–Trinajstić information content (AvgIpc) is 2.53. The number of thioether (sulfide) groups is 1. The minimum absolute atomic E-state index is 0.0645. The van der Waals surface area contributed by atoms with E-state index >= 15 is 0 Å². The molecular weight excluding hydrogens is 211 g/mol. The maximum absolute atomic E-state index is 13.4. The summed E-state index contributed by atoms with van der Waals surface area (Å²) in [5.74, 6) is 0.187. The van der Waals surface area contributed by atoms with Crippen molar-refractivity contribution in [1.29, 1.82) is 0 Å². The smallest absolute Gasteiger partial charge is 0.136 e. The average molecular weight is 224 g/mol. The molecule has 1 aliphatic carbocycles. The third kappa shape index (κ3) is 2.23. The summed E-state index contributed by atoms with van der Waals surface area (Å²) < 4.78 is 13.4. The second-order valence-electron chi connectivity index (χ2n) is 3.88. The Morgan fingerprint density at radius 1 is 1.40 bits per heavy atom. The molecule has 2 rings (SSSR count). The lowest BCUT2D eigenvalue weighted by Crippen LogP contribution is -2.12. The zero-order valence-corrected chi connectivity index (χ0v) is 9.39. The molecule has 0 amide bonds. The summed E-state index contributed by atoms with van der Waals surface area (Å²) in [6.45, 7) is 1.94. The minimum atomic E-state index is -0.186. The van der Waals surface area contributed by atoms with Crippen LogP contribution in [-0.4, -0.2) is 11.0 Å². The van der Waals surface area contributed by atoms with Crippen LogP contribution in [0.25, 0.3) is 0 Å². The Kier molecular flexibility index (Phi) is 3.10. The van der Waals surface area contributed by atoms with Gasteiger partial charge in [-0.3, -0.25) is 4.79 Å². The molecule has 1 aromatic rings. The van der Waals surface area contributed by atoms with Crippen LogP contribution in [0.4, 0.5) is 4.39 Å². The largest absolute Gasteiger partial charge is 0.299 e. The van der Waals surface area contributed by atoms with Gasteiger partial charge in [0.2, 0.25) is 0 Å². The molecule has 1 aromatic carbocycles. The molecule has 1 saturated carbocycles. The Morgan fingerprint density at radius 3 is 2.73 bits per heavy atom. The minimum Gasteiger partial charge on any atom is -0.299 e. The number of carbonyl (C=O) groups is 1. The van der Waals surface area contributed by atoms with Gasteiger partial charge in [-0.1, -0.05) is 19.1 Å². The van der Waals surface area contributed by atoms with Crippen LogP contribution in [0.2, 0.25) is 0 Å². The first-order valence-corrected chi connectivity index (χ1v) is 6.00. The van der Waals surface area contributed by atoms with Crippen molar-refractivity contribution in [3.63, 3.8) is 0 Å². The molecule has 0 aliphatic heterocycles. The molecule has 0 radical (unpaired) electrons. The monoisotopic (exact) mass is 224 g/mol. The second-order valence-corrected chi connectivity index (χ2v) is 5.16. The van der Waals surface area contributed by atoms with E-state index in [9.17, 15) is 9.18 Å². The van der Waals surface area contributed by atoms with Gasteiger partial charge < -0.3 is 0 Å². The summed E-state index contributed by atoms with van der Waals surface area (Å²) in [7, 11) is 0. The first-order chi connectivity index (χ1) is 7.18. The van der Waals surface area contributed by atoms with Crippen LogP contribution in [0.5, 0.6) is 0 Å². The van der Waals surface area contributed by atoms with Crippen molar-refractivity contribution in [2.75, 3.05) is 0 Å². The van der Waals surface area contributed by atoms with Gasteiger partial charge >= 0.3 is 0 Å². The highest BCUT2D eigenvalue weighted by Gasteiger charge is 2.31. The summed E-state index contributed by atoms with van der Waals surface area (Å²) in [5, 5.41) is 0.245. The summed E-state index contributed by atoms with van der Waals surface area (Å²) >= 11 is 1.49. The highest BCUT2D eigenvalue weighted by Crippen LogP contribution is 2.37. The molecule has 0 aromatic heterocycles. The van der Waals surface area contributed by atoms with Gasteiger partial charge in [0.25, 0.3) is 0 Å². The maximum Gasteiger partial charge on any atom is 0.136 e.